The smallest absolute Gasteiger partial charge is 0.258 e. The molecule has 39 heavy (non-hydrogen) atoms. The minimum Gasteiger partial charge on any atom is -0.308 e. The van der Waals surface area contributed by atoms with E-state index in [-0.39, 0.29) is 5.56 Å². The Balaban J connectivity index is 1.46. The largest absolute Gasteiger partial charge is 0.308 e. The van der Waals surface area contributed by atoms with Crippen LogP contribution in [0.25, 0.3) is 44.6 Å². The van der Waals surface area contributed by atoms with Gasteiger partial charge in [0, 0.05) is 30.1 Å². The molecule has 4 heterocycles. The molecule has 0 saturated heterocycles. The summed E-state index contributed by atoms with van der Waals surface area (Å²) in [6.45, 7) is 7.01. The number of aryl methyl sites for hydroxylation is 3. The standard InChI is InChI=1S/C30H30N8O/c1-5-6-11-24-32-26-18(2)16-19(3)31-29(26)38(24)17-20-12-14-21(15-13-20)25-22-9-7-8-10-23(22)30(39)37(4)27(25)28-33-35-36-34-28/h7-10,12-16H,5-6,11,17H2,1-4H3,(H,33,34,35,36). The summed E-state index contributed by atoms with van der Waals surface area (Å²) in [6, 6.07) is 18.2. The molecule has 4 aromatic heterocycles. The fourth-order valence-corrected chi connectivity index (χ4v) is 5.38. The Morgan fingerprint density at radius 2 is 1.74 bits per heavy atom. The molecule has 0 aliphatic heterocycles. The summed E-state index contributed by atoms with van der Waals surface area (Å²) in [7, 11) is 1.75. The molecule has 0 saturated carbocycles. The van der Waals surface area contributed by atoms with Gasteiger partial charge in [0.05, 0.1) is 6.54 Å². The van der Waals surface area contributed by atoms with Gasteiger partial charge in [-0.25, -0.2) is 9.97 Å². The van der Waals surface area contributed by atoms with Crippen molar-refractivity contribution in [1.82, 2.24) is 39.7 Å². The Kier molecular flexibility index (Phi) is 6.26. The second kappa shape index (κ2) is 9.90. The maximum absolute atomic E-state index is 13.2. The van der Waals surface area contributed by atoms with Gasteiger partial charge >= 0.3 is 0 Å². The van der Waals surface area contributed by atoms with Crippen LogP contribution >= 0.6 is 0 Å². The summed E-state index contributed by atoms with van der Waals surface area (Å²) in [5.41, 5.74) is 7.59. The van der Waals surface area contributed by atoms with E-state index < -0.39 is 0 Å². The molecule has 196 valence electrons. The van der Waals surface area contributed by atoms with Crippen LogP contribution in [0.2, 0.25) is 0 Å². The Bertz CT molecular complexity index is 1860. The number of rotatable bonds is 7. The number of imidazole rings is 1. The molecule has 9 heteroatoms. The molecular formula is C30H30N8O. The average molecular weight is 519 g/mol. The van der Waals surface area contributed by atoms with Crippen molar-refractivity contribution in [3.05, 3.63) is 87.6 Å². The van der Waals surface area contributed by atoms with E-state index in [0.717, 1.165) is 69.6 Å². The number of nitrogens with zero attached hydrogens (tertiary/aromatic N) is 7. The highest BCUT2D eigenvalue weighted by Gasteiger charge is 2.21. The van der Waals surface area contributed by atoms with E-state index in [1.54, 1.807) is 11.6 Å². The van der Waals surface area contributed by atoms with E-state index in [0.29, 0.717) is 23.4 Å². The Morgan fingerprint density at radius 1 is 0.974 bits per heavy atom. The van der Waals surface area contributed by atoms with Crippen LogP contribution in [0.1, 0.15) is 42.4 Å². The number of pyridine rings is 2. The molecule has 0 unspecified atom stereocenters. The van der Waals surface area contributed by atoms with Crippen molar-refractivity contribution in [1.29, 1.82) is 0 Å². The molecular weight excluding hydrogens is 488 g/mol. The van der Waals surface area contributed by atoms with Gasteiger partial charge in [0.25, 0.3) is 5.56 Å². The number of unbranched alkanes of at least 4 members (excludes halogenated alkanes) is 1. The van der Waals surface area contributed by atoms with Crippen LogP contribution in [-0.4, -0.2) is 39.7 Å². The molecule has 0 radical (unpaired) electrons. The molecule has 0 fully saturated rings. The van der Waals surface area contributed by atoms with Crippen molar-refractivity contribution < 1.29 is 0 Å². The molecule has 1 N–H and O–H groups in total. The third-order valence-electron chi connectivity index (χ3n) is 7.30. The molecule has 0 bridgehead atoms. The summed E-state index contributed by atoms with van der Waals surface area (Å²) in [6.07, 6.45) is 3.11. The van der Waals surface area contributed by atoms with Crippen LogP contribution in [0.4, 0.5) is 0 Å². The van der Waals surface area contributed by atoms with E-state index in [4.69, 9.17) is 9.97 Å². The van der Waals surface area contributed by atoms with E-state index >= 15 is 0 Å². The Morgan fingerprint density at radius 3 is 2.46 bits per heavy atom. The number of hydrogen-bond acceptors (Lipinski definition) is 6. The monoisotopic (exact) mass is 518 g/mol. The van der Waals surface area contributed by atoms with Crippen LogP contribution < -0.4 is 5.56 Å². The minimum atomic E-state index is -0.101. The lowest BCUT2D eigenvalue weighted by atomic mass is 9.95. The zero-order chi connectivity index (χ0) is 27.1. The molecule has 0 aliphatic carbocycles. The molecule has 0 spiro atoms. The average Bonchev–Trinajstić information content (AvgIpc) is 3.59. The predicted molar refractivity (Wildman–Crippen MR) is 153 cm³/mol. The fourth-order valence-electron chi connectivity index (χ4n) is 5.38. The first-order chi connectivity index (χ1) is 19.0. The van der Waals surface area contributed by atoms with E-state index in [2.05, 4.69) is 69.4 Å². The number of H-pyrrole nitrogens is 1. The van der Waals surface area contributed by atoms with Gasteiger partial charge in [0.1, 0.15) is 17.0 Å². The summed E-state index contributed by atoms with van der Waals surface area (Å²) >= 11 is 0. The molecule has 0 amide bonds. The zero-order valence-corrected chi connectivity index (χ0v) is 22.6. The number of benzene rings is 2. The van der Waals surface area contributed by atoms with Gasteiger partial charge in [-0.05, 0) is 59.7 Å². The van der Waals surface area contributed by atoms with Gasteiger partial charge in [-0.2, -0.15) is 5.21 Å². The van der Waals surface area contributed by atoms with Gasteiger partial charge in [0.2, 0.25) is 5.82 Å². The first-order valence-electron chi connectivity index (χ1n) is 13.2. The van der Waals surface area contributed by atoms with Crippen molar-refractivity contribution in [2.45, 2.75) is 46.6 Å². The number of nitrogens with one attached hydrogen (secondary N) is 1. The highest BCUT2D eigenvalue weighted by molar-refractivity contribution is 6.01. The highest BCUT2D eigenvalue weighted by Crippen LogP contribution is 2.35. The SMILES string of the molecule is CCCCc1nc2c(C)cc(C)nc2n1Cc1ccc(-c2c(-c3nn[nH]n3)n(C)c(=O)c3ccccc23)cc1. The van der Waals surface area contributed by atoms with Crippen molar-refractivity contribution in [2.75, 3.05) is 0 Å². The van der Waals surface area contributed by atoms with E-state index in [9.17, 15) is 4.79 Å². The number of aromatic nitrogens is 8. The Labute approximate surface area is 225 Å². The van der Waals surface area contributed by atoms with Crippen molar-refractivity contribution in [3.63, 3.8) is 0 Å². The van der Waals surface area contributed by atoms with Crippen LogP contribution in [0.3, 0.4) is 0 Å². The fraction of sp³-hybridized carbons (Fsp3) is 0.267. The topological polar surface area (TPSA) is 107 Å². The lowest BCUT2D eigenvalue weighted by Gasteiger charge is -2.16. The van der Waals surface area contributed by atoms with Crippen LogP contribution in [0, 0.1) is 13.8 Å². The Hall–Kier alpha value is -4.66. The lowest BCUT2D eigenvalue weighted by molar-refractivity contribution is 0.686. The minimum absolute atomic E-state index is 0.101. The van der Waals surface area contributed by atoms with Gasteiger partial charge in [0.15, 0.2) is 5.65 Å². The summed E-state index contributed by atoms with van der Waals surface area (Å²) < 4.78 is 3.86. The first kappa shape index (κ1) is 24.7. The third kappa shape index (κ3) is 4.29. The highest BCUT2D eigenvalue weighted by atomic mass is 16.1. The van der Waals surface area contributed by atoms with Crippen LogP contribution in [0.5, 0.6) is 0 Å². The summed E-state index contributed by atoms with van der Waals surface area (Å²) in [5, 5.41) is 16.2. The molecule has 9 nitrogen and oxygen atoms in total. The van der Waals surface area contributed by atoms with Crippen molar-refractivity contribution in [2.24, 2.45) is 7.05 Å². The van der Waals surface area contributed by atoms with Gasteiger partial charge in [-0.15, -0.1) is 10.2 Å². The second-order valence-corrected chi connectivity index (χ2v) is 10.0. The number of fused-ring (bicyclic) bond motifs is 2. The number of hydrogen-bond donors (Lipinski definition) is 1. The van der Waals surface area contributed by atoms with E-state index in [1.165, 1.54) is 0 Å². The number of aromatic amines is 1. The maximum Gasteiger partial charge on any atom is 0.258 e. The molecule has 0 atom stereocenters. The van der Waals surface area contributed by atoms with Gasteiger partial charge in [-0.1, -0.05) is 55.8 Å². The molecule has 2 aromatic carbocycles. The van der Waals surface area contributed by atoms with Crippen LogP contribution in [0.15, 0.2) is 59.4 Å². The third-order valence-corrected chi connectivity index (χ3v) is 7.30. The quantitative estimate of drug-likeness (QED) is 0.314. The normalized spacial score (nSPS) is 11.6. The second-order valence-electron chi connectivity index (χ2n) is 10.0. The molecule has 0 aliphatic rings. The molecule has 6 aromatic rings. The number of tetrazole rings is 1. The molecule has 6 rings (SSSR count). The van der Waals surface area contributed by atoms with Crippen LogP contribution in [-0.2, 0) is 20.0 Å². The van der Waals surface area contributed by atoms with Crippen molar-refractivity contribution >= 4 is 21.9 Å². The van der Waals surface area contributed by atoms with Gasteiger partial charge < -0.3 is 9.13 Å². The zero-order valence-electron chi connectivity index (χ0n) is 22.6. The first-order valence-corrected chi connectivity index (χ1v) is 13.2. The predicted octanol–water partition coefficient (Wildman–Crippen LogP) is 5.14. The van der Waals surface area contributed by atoms with E-state index in [1.807, 2.05) is 31.2 Å². The van der Waals surface area contributed by atoms with Gasteiger partial charge in [-0.3, -0.25) is 4.79 Å². The lowest BCUT2D eigenvalue weighted by Crippen LogP contribution is -2.20. The van der Waals surface area contributed by atoms with Crippen molar-refractivity contribution in [3.8, 4) is 22.6 Å². The summed E-state index contributed by atoms with van der Waals surface area (Å²) in [5.74, 6) is 1.45. The summed E-state index contributed by atoms with van der Waals surface area (Å²) in [4.78, 5) is 23.0. The maximum atomic E-state index is 13.2.